The zero-order valence-corrected chi connectivity index (χ0v) is 21.7. The van der Waals surface area contributed by atoms with Crippen molar-refractivity contribution in [1.82, 2.24) is 30.1 Å². The quantitative estimate of drug-likeness (QED) is 0.362. The van der Waals surface area contributed by atoms with Gasteiger partial charge in [-0.15, -0.1) is 16.4 Å². The first-order valence-corrected chi connectivity index (χ1v) is 12.7. The fraction of sp³-hybridized carbons (Fsp3) is 0.462. The van der Waals surface area contributed by atoms with Crippen molar-refractivity contribution in [3.05, 3.63) is 73.5 Å². The van der Waals surface area contributed by atoms with E-state index in [0.717, 1.165) is 41.7 Å². The van der Waals surface area contributed by atoms with Crippen molar-refractivity contribution in [2.45, 2.75) is 79.1 Å². The molecule has 1 aromatic carbocycles. The summed E-state index contributed by atoms with van der Waals surface area (Å²) in [5, 5.41) is 16.0. The number of hydrogen-bond donors (Lipinski definition) is 1. The van der Waals surface area contributed by atoms with E-state index in [4.69, 9.17) is 0 Å². The number of thiophene rings is 1. The van der Waals surface area contributed by atoms with E-state index in [9.17, 15) is 4.79 Å². The van der Waals surface area contributed by atoms with Crippen molar-refractivity contribution >= 4 is 22.2 Å². The molecule has 34 heavy (non-hydrogen) atoms. The van der Waals surface area contributed by atoms with Gasteiger partial charge < -0.3 is 4.98 Å². The minimum atomic E-state index is -0.241. The highest BCUT2D eigenvalue weighted by Gasteiger charge is 2.30. The number of rotatable bonds is 8. The molecule has 0 spiro atoms. The number of aromatic amines is 1. The predicted molar refractivity (Wildman–Crippen MR) is 138 cm³/mol. The molecule has 4 aromatic rings. The number of aryl methyl sites for hydroxylation is 2. The third-order valence-corrected chi connectivity index (χ3v) is 7.14. The Morgan fingerprint density at radius 2 is 1.91 bits per heavy atom. The first-order chi connectivity index (χ1) is 16.2. The fourth-order valence-electron chi connectivity index (χ4n) is 4.37. The summed E-state index contributed by atoms with van der Waals surface area (Å²) in [5.41, 5.74) is 3.74. The lowest BCUT2D eigenvalue weighted by molar-refractivity contribution is 0.150. The SMILES string of the molecule is CCCC(c1nnnn1C(C)(C)C)N(Cc1cccs1)Cc1cc2cc(C)c(C)cc2[nH]c1=O. The van der Waals surface area contributed by atoms with Crippen LogP contribution in [0.2, 0.25) is 0 Å². The molecule has 1 N–H and O–H groups in total. The van der Waals surface area contributed by atoms with Crippen molar-refractivity contribution in [2.75, 3.05) is 0 Å². The van der Waals surface area contributed by atoms with Crippen LogP contribution in [0, 0.1) is 13.8 Å². The first kappa shape index (κ1) is 24.3. The van der Waals surface area contributed by atoms with Gasteiger partial charge in [0.15, 0.2) is 5.82 Å². The number of H-pyrrole nitrogens is 1. The van der Waals surface area contributed by atoms with Crippen LogP contribution < -0.4 is 5.56 Å². The van der Waals surface area contributed by atoms with Gasteiger partial charge in [-0.3, -0.25) is 9.69 Å². The fourth-order valence-corrected chi connectivity index (χ4v) is 5.09. The van der Waals surface area contributed by atoms with Gasteiger partial charge in [0.25, 0.3) is 5.56 Å². The average Bonchev–Trinajstić information content (AvgIpc) is 3.45. The molecule has 3 aromatic heterocycles. The van der Waals surface area contributed by atoms with Crippen molar-refractivity contribution in [1.29, 1.82) is 0 Å². The molecular weight excluding hydrogens is 444 g/mol. The van der Waals surface area contributed by atoms with Gasteiger partial charge in [0, 0.05) is 29.0 Å². The molecule has 7 nitrogen and oxygen atoms in total. The Kier molecular flexibility index (Phi) is 7.00. The summed E-state index contributed by atoms with van der Waals surface area (Å²) in [4.78, 5) is 19.8. The highest BCUT2D eigenvalue weighted by Crippen LogP contribution is 2.31. The van der Waals surface area contributed by atoms with E-state index in [1.807, 2.05) is 10.7 Å². The zero-order valence-electron chi connectivity index (χ0n) is 20.9. The van der Waals surface area contributed by atoms with E-state index in [0.29, 0.717) is 6.54 Å². The second kappa shape index (κ2) is 9.80. The summed E-state index contributed by atoms with van der Waals surface area (Å²) in [5.74, 6) is 0.842. The van der Waals surface area contributed by atoms with Crippen LogP contribution in [0.25, 0.3) is 10.9 Å². The normalized spacial score (nSPS) is 13.1. The maximum atomic E-state index is 13.1. The number of nitrogens with zero attached hydrogens (tertiary/aromatic N) is 5. The molecule has 1 atom stereocenters. The van der Waals surface area contributed by atoms with Crippen LogP contribution in [0.4, 0.5) is 0 Å². The van der Waals surface area contributed by atoms with Gasteiger partial charge >= 0.3 is 0 Å². The van der Waals surface area contributed by atoms with Gasteiger partial charge in [-0.2, -0.15) is 0 Å². The van der Waals surface area contributed by atoms with Crippen molar-refractivity contribution < 1.29 is 0 Å². The van der Waals surface area contributed by atoms with Crippen LogP contribution in [0.15, 0.2) is 40.5 Å². The van der Waals surface area contributed by atoms with E-state index in [1.54, 1.807) is 11.3 Å². The topological polar surface area (TPSA) is 79.7 Å². The lowest BCUT2D eigenvalue weighted by atomic mass is 10.0. The Balaban J connectivity index is 1.78. The number of tetrazole rings is 1. The third-order valence-electron chi connectivity index (χ3n) is 6.28. The van der Waals surface area contributed by atoms with Crippen LogP contribution in [-0.2, 0) is 18.6 Å². The van der Waals surface area contributed by atoms with Gasteiger partial charge in [0.2, 0.25) is 0 Å². The van der Waals surface area contributed by atoms with Gasteiger partial charge in [0.05, 0.1) is 11.6 Å². The molecule has 0 aliphatic carbocycles. The van der Waals surface area contributed by atoms with E-state index in [-0.39, 0.29) is 17.1 Å². The second-order valence-corrected chi connectivity index (χ2v) is 11.1. The monoisotopic (exact) mass is 478 g/mol. The lowest BCUT2D eigenvalue weighted by Crippen LogP contribution is -2.35. The third kappa shape index (κ3) is 5.13. The molecule has 0 saturated carbocycles. The number of aromatic nitrogens is 5. The zero-order chi connectivity index (χ0) is 24.5. The van der Waals surface area contributed by atoms with Crippen molar-refractivity contribution in [3.63, 3.8) is 0 Å². The van der Waals surface area contributed by atoms with Crippen LogP contribution in [0.1, 0.15) is 74.0 Å². The van der Waals surface area contributed by atoms with Crippen LogP contribution in [0.3, 0.4) is 0 Å². The summed E-state index contributed by atoms with van der Waals surface area (Å²) < 4.78 is 1.92. The number of pyridine rings is 1. The molecule has 0 bridgehead atoms. The minimum absolute atomic E-state index is 0.0174. The molecule has 180 valence electrons. The van der Waals surface area contributed by atoms with E-state index < -0.39 is 0 Å². The first-order valence-electron chi connectivity index (χ1n) is 11.9. The highest BCUT2D eigenvalue weighted by molar-refractivity contribution is 7.09. The Labute approximate surface area is 204 Å². The largest absolute Gasteiger partial charge is 0.322 e. The summed E-state index contributed by atoms with van der Waals surface area (Å²) in [7, 11) is 0. The maximum absolute atomic E-state index is 13.1. The van der Waals surface area contributed by atoms with Gasteiger partial charge in [0.1, 0.15) is 0 Å². The molecule has 0 aliphatic heterocycles. The van der Waals surface area contributed by atoms with Crippen molar-refractivity contribution in [2.24, 2.45) is 0 Å². The lowest BCUT2D eigenvalue weighted by Gasteiger charge is -2.32. The molecule has 8 heteroatoms. The van der Waals surface area contributed by atoms with E-state index in [2.05, 4.69) is 96.6 Å². The Morgan fingerprint density at radius 3 is 2.59 bits per heavy atom. The second-order valence-electron chi connectivity index (χ2n) is 10.1. The van der Waals surface area contributed by atoms with Crippen LogP contribution in [-0.4, -0.2) is 30.1 Å². The minimum Gasteiger partial charge on any atom is -0.322 e. The predicted octanol–water partition coefficient (Wildman–Crippen LogP) is 5.49. The van der Waals surface area contributed by atoms with Gasteiger partial charge in [-0.05, 0) is 97.6 Å². The van der Waals surface area contributed by atoms with Crippen LogP contribution >= 0.6 is 11.3 Å². The molecule has 0 radical (unpaired) electrons. The Morgan fingerprint density at radius 1 is 1.15 bits per heavy atom. The molecule has 0 saturated heterocycles. The van der Waals surface area contributed by atoms with E-state index >= 15 is 0 Å². The number of nitrogens with one attached hydrogen (secondary N) is 1. The molecule has 0 amide bonds. The summed E-state index contributed by atoms with van der Waals surface area (Å²) in [6.07, 6.45) is 1.88. The molecule has 0 fully saturated rings. The standard InChI is InChI=1S/C26H34N6OS/c1-7-9-23(24-28-29-30-32(24)26(4,5)6)31(16-21-10-8-11-34-21)15-20-14-19-12-17(2)18(3)13-22(19)27-25(20)33/h8,10-14,23H,7,9,15-16H2,1-6H3,(H,27,33). The van der Waals surface area contributed by atoms with Crippen molar-refractivity contribution in [3.8, 4) is 0 Å². The summed E-state index contributed by atoms with van der Waals surface area (Å²) >= 11 is 1.73. The number of fused-ring (bicyclic) bond motifs is 1. The molecule has 1 unspecified atom stereocenters. The van der Waals surface area contributed by atoms with Crippen LogP contribution in [0.5, 0.6) is 0 Å². The number of hydrogen-bond acceptors (Lipinski definition) is 6. The highest BCUT2D eigenvalue weighted by atomic mass is 32.1. The van der Waals surface area contributed by atoms with Gasteiger partial charge in [-0.1, -0.05) is 19.4 Å². The molecular formula is C26H34N6OS. The van der Waals surface area contributed by atoms with Gasteiger partial charge in [-0.25, -0.2) is 4.68 Å². The Bertz CT molecular complexity index is 1320. The molecule has 0 aliphatic rings. The Hall–Kier alpha value is -2.84. The molecule has 4 rings (SSSR count). The maximum Gasteiger partial charge on any atom is 0.252 e. The summed E-state index contributed by atoms with van der Waals surface area (Å²) in [6, 6.07) is 10.4. The molecule has 3 heterocycles. The summed E-state index contributed by atoms with van der Waals surface area (Å²) in [6.45, 7) is 13.9. The van der Waals surface area contributed by atoms with E-state index in [1.165, 1.54) is 16.0 Å². The average molecular weight is 479 g/mol. The smallest absolute Gasteiger partial charge is 0.252 e. The number of benzene rings is 1.